The molecule has 27 heavy (non-hydrogen) atoms. The molecule has 0 spiro atoms. The predicted molar refractivity (Wildman–Crippen MR) is 95.9 cm³/mol. The van der Waals surface area contributed by atoms with E-state index in [1.54, 1.807) is 28.9 Å². The van der Waals surface area contributed by atoms with Crippen LogP contribution >= 0.6 is 0 Å². The van der Waals surface area contributed by atoms with Crippen molar-refractivity contribution in [1.82, 2.24) is 9.80 Å². The second kappa shape index (κ2) is 8.50. The molecule has 0 radical (unpaired) electrons. The average molecular weight is 376 g/mol. The number of piperidine rings is 1. The van der Waals surface area contributed by atoms with Crippen LogP contribution < -0.4 is 0 Å². The minimum atomic E-state index is -0.390. The van der Waals surface area contributed by atoms with Crippen LogP contribution in [0.4, 0.5) is 4.39 Å². The largest absolute Gasteiger partial charge is 0.466 e. The van der Waals surface area contributed by atoms with Crippen LogP contribution in [0.3, 0.4) is 0 Å². The van der Waals surface area contributed by atoms with Gasteiger partial charge in [-0.15, -0.1) is 0 Å². The Labute approximate surface area is 158 Å². The molecule has 0 unspecified atom stereocenters. The zero-order chi connectivity index (χ0) is 19.4. The van der Waals surface area contributed by atoms with E-state index in [0.29, 0.717) is 32.8 Å². The molecule has 6 nitrogen and oxygen atoms in total. The number of esters is 1. The van der Waals surface area contributed by atoms with Crippen LogP contribution in [0.5, 0.6) is 0 Å². The van der Waals surface area contributed by atoms with E-state index >= 15 is 0 Å². The maximum atomic E-state index is 13.0. The Hall–Kier alpha value is -2.44. The zero-order valence-corrected chi connectivity index (χ0v) is 15.5. The molecular weight excluding hydrogens is 351 g/mol. The predicted octanol–water partition coefficient (Wildman–Crippen LogP) is 1.98. The highest BCUT2D eigenvalue weighted by molar-refractivity contribution is 5.89. The maximum Gasteiger partial charge on any atom is 0.310 e. The number of halogens is 1. The van der Waals surface area contributed by atoms with E-state index in [4.69, 9.17) is 4.74 Å². The summed E-state index contributed by atoms with van der Waals surface area (Å²) < 4.78 is 18.1. The summed E-state index contributed by atoms with van der Waals surface area (Å²) in [5.74, 6) is -1.39. The lowest BCUT2D eigenvalue weighted by Gasteiger charge is -2.33. The molecule has 0 aromatic heterocycles. The van der Waals surface area contributed by atoms with Crippen LogP contribution in [0.1, 0.15) is 31.7 Å². The van der Waals surface area contributed by atoms with Crippen LogP contribution in [-0.4, -0.2) is 53.8 Å². The highest BCUT2D eigenvalue weighted by Crippen LogP contribution is 2.25. The van der Waals surface area contributed by atoms with Crippen molar-refractivity contribution in [2.75, 3.05) is 26.2 Å². The third-order valence-corrected chi connectivity index (χ3v) is 5.20. The van der Waals surface area contributed by atoms with Crippen LogP contribution in [-0.2, 0) is 25.7 Å². The van der Waals surface area contributed by atoms with Gasteiger partial charge in [0.05, 0.1) is 18.4 Å². The number of ether oxygens (including phenoxy) is 1. The van der Waals surface area contributed by atoms with Gasteiger partial charge in [-0.2, -0.15) is 0 Å². The van der Waals surface area contributed by atoms with E-state index in [1.807, 2.05) is 0 Å². The quantitative estimate of drug-likeness (QED) is 0.737. The van der Waals surface area contributed by atoms with E-state index in [0.717, 1.165) is 18.4 Å². The van der Waals surface area contributed by atoms with Gasteiger partial charge in [0.2, 0.25) is 11.8 Å². The fraction of sp³-hybridized carbons (Fsp3) is 0.550. The molecule has 2 atom stereocenters. The Morgan fingerprint density at radius 1 is 1.19 bits per heavy atom. The number of benzene rings is 1. The summed E-state index contributed by atoms with van der Waals surface area (Å²) in [7, 11) is 0. The highest BCUT2D eigenvalue weighted by atomic mass is 19.1. The number of hydrogen-bond donors (Lipinski definition) is 0. The minimum Gasteiger partial charge on any atom is -0.466 e. The number of hydrogen-bond acceptors (Lipinski definition) is 4. The van der Waals surface area contributed by atoms with Crippen LogP contribution in [0.25, 0.3) is 0 Å². The second-order valence-electron chi connectivity index (χ2n) is 7.18. The van der Waals surface area contributed by atoms with E-state index in [-0.39, 0.29) is 41.9 Å². The van der Waals surface area contributed by atoms with Gasteiger partial charge in [0.15, 0.2) is 0 Å². The molecule has 3 rings (SSSR count). The van der Waals surface area contributed by atoms with Gasteiger partial charge >= 0.3 is 5.97 Å². The van der Waals surface area contributed by atoms with Gasteiger partial charge < -0.3 is 14.5 Å². The molecule has 1 aromatic rings. The van der Waals surface area contributed by atoms with Crippen molar-refractivity contribution in [2.24, 2.45) is 11.8 Å². The SMILES string of the molecule is CCOC(=O)[C@@H]1CCCN(C(=O)[C@H]2CC(=O)N(Cc3ccc(F)cc3)C2)C1. The Balaban J connectivity index is 1.58. The van der Waals surface area contributed by atoms with Crippen LogP contribution in [0, 0.1) is 17.7 Å². The summed E-state index contributed by atoms with van der Waals surface area (Å²) >= 11 is 0. The summed E-state index contributed by atoms with van der Waals surface area (Å²) in [6.45, 7) is 3.80. The van der Waals surface area contributed by atoms with E-state index in [9.17, 15) is 18.8 Å². The molecule has 0 N–H and O–H groups in total. The lowest BCUT2D eigenvalue weighted by atomic mass is 9.96. The fourth-order valence-electron chi connectivity index (χ4n) is 3.79. The first-order valence-electron chi connectivity index (χ1n) is 9.45. The molecule has 2 aliphatic heterocycles. The van der Waals surface area contributed by atoms with E-state index in [2.05, 4.69) is 0 Å². The van der Waals surface area contributed by atoms with Gasteiger partial charge in [0.25, 0.3) is 0 Å². The van der Waals surface area contributed by atoms with Crippen molar-refractivity contribution < 1.29 is 23.5 Å². The Kier molecular flexibility index (Phi) is 6.08. The average Bonchev–Trinajstić information content (AvgIpc) is 3.04. The summed E-state index contributed by atoms with van der Waals surface area (Å²) in [6, 6.07) is 6.02. The number of amides is 2. The highest BCUT2D eigenvalue weighted by Gasteiger charge is 2.38. The Morgan fingerprint density at radius 2 is 1.93 bits per heavy atom. The van der Waals surface area contributed by atoms with Gasteiger partial charge in [-0.05, 0) is 37.5 Å². The molecule has 7 heteroatoms. The van der Waals surface area contributed by atoms with Crippen molar-refractivity contribution >= 4 is 17.8 Å². The van der Waals surface area contributed by atoms with Gasteiger partial charge in [-0.25, -0.2) is 4.39 Å². The lowest BCUT2D eigenvalue weighted by molar-refractivity contribution is -0.152. The first kappa shape index (κ1) is 19.3. The maximum absolute atomic E-state index is 13.0. The second-order valence-corrected chi connectivity index (χ2v) is 7.18. The number of nitrogens with zero attached hydrogens (tertiary/aromatic N) is 2. The summed E-state index contributed by atoms with van der Waals surface area (Å²) in [6.07, 6.45) is 1.67. The van der Waals surface area contributed by atoms with E-state index < -0.39 is 0 Å². The molecule has 1 aromatic carbocycles. The van der Waals surface area contributed by atoms with Crippen molar-refractivity contribution in [3.05, 3.63) is 35.6 Å². The zero-order valence-electron chi connectivity index (χ0n) is 15.5. The summed E-state index contributed by atoms with van der Waals surface area (Å²) in [5, 5.41) is 0. The Bertz CT molecular complexity index is 706. The third-order valence-electron chi connectivity index (χ3n) is 5.20. The summed E-state index contributed by atoms with van der Waals surface area (Å²) in [5.41, 5.74) is 0.832. The van der Waals surface area contributed by atoms with Crippen molar-refractivity contribution in [3.63, 3.8) is 0 Å². The third kappa shape index (κ3) is 4.64. The van der Waals surface area contributed by atoms with E-state index in [1.165, 1.54) is 12.1 Å². The Morgan fingerprint density at radius 3 is 2.63 bits per heavy atom. The molecule has 0 saturated carbocycles. The van der Waals surface area contributed by atoms with Crippen LogP contribution in [0.15, 0.2) is 24.3 Å². The van der Waals surface area contributed by atoms with Crippen molar-refractivity contribution in [3.8, 4) is 0 Å². The summed E-state index contributed by atoms with van der Waals surface area (Å²) in [4.78, 5) is 40.5. The van der Waals surface area contributed by atoms with Gasteiger partial charge in [0.1, 0.15) is 5.82 Å². The molecule has 0 bridgehead atoms. The molecule has 0 aliphatic carbocycles. The number of likely N-dealkylation sites (tertiary alicyclic amines) is 2. The smallest absolute Gasteiger partial charge is 0.310 e. The molecule has 2 fully saturated rings. The normalized spacial score (nSPS) is 22.8. The first-order chi connectivity index (χ1) is 13.0. The molecule has 146 valence electrons. The monoisotopic (exact) mass is 376 g/mol. The standard InChI is InChI=1S/C20H25FN2O4/c1-2-27-20(26)15-4-3-9-22(12-15)19(25)16-10-18(24)23(13-16)11-14-5-7-17(21)8-6-14/h5-8,15-16H,2-4,9-13H2,1H3/t15-,16+/m1/s1. The number of carbonyl (C=O) groups is 3. The van der Waals surface area contributed by atoms with Crippen molar-refractivity contribution in [1.29, 1.82) is 0 Å². The van der Waals surface area contributed by atoms with Gasteiger partial charge in [-0.1, -0.05) is 12.1 Å². The van der Waals surface area contributed by atoms with Crippen molar-refractivity contribution in [2.45, 2.75) is 32.7 Å². The van der Waals surface area contributed by atoms with Gasteiger partial charge in [-0.3, -0.25) is 14.4 Å². The molecule has 2 aliphatic rings. The first-order valence-corrected chi connectivity index (χ1v) is 9.45. The van der Waals surface area contributed by atoms with Crippen LogP contribution in [0.2, 0.25) is 0 Å². The minimum absolute atomic E-state index is 0.0704. The molecule has 2 amide bonds. The topological polar surface area (TPSA) is 66.9 Å². The molecular formula is C20H25FN2O4. The fourth-order valence-corrected chi connectivity index (χ4v) is 3.79. The number of rotatable bonds is 5. The molecule has 2 saturated heterocycles. The lowest BCUT2D eigenvalue weighted by Crippen LogP contribution is -2.45. The number of carbonyl (C=O) groups excluding carboxylic acids is 3. The van der Waals surface area contributed by atoms with Gasteiger partial charge in [0, 0.05) is 32.6 Å². The molecule has 2 heterocycles.